The Hall–Kier alpha value is -11.1. The first-order chi connectivity index (χ1) is 40.8. The van der Waals surface area contributed by atoms with E-state index in [1.165, 1.54) is 120 Å². The Bertz CT molecular complexity index is 3520. The van der Waals surface area contributed by atoms with E-state index < -0.39 is 58.0 Å². The molecule has 0 bridgehead atoms. The molecule has 0 amide bonds. The second kappa shape index (κ2) is 34.9. The molecule has 6 aromatic heterocycles. The largest absolute Gasteiger partial charge is 0.466 e. The molecular weight excluding hydrogens is 1130 g/mol. The van der Waals surface area contributed by atoms with Crippen LogP contribution in [0.25, 0.3) is 37.2 Å². The molecule has 6 heterocycles. The molecule has 0 fully saturated rings. The minimum absolute atomic E-state index is 0.200. The second-order valence-corrected chi connectivity index (χ2v) is 17.0. The number of aryl methyl sites for hydroxylation is 6. The van der Waals surface area contributed by atoms with Gasteiger partial charge < -0.3 is 18.9 Å². The number of aromatic nitrogens is 24. The summed E-state index contributed by atoms with van der Waals surface area (Å²) >= 11 is 0. The van der Waals surface area contributed by atoms with E-state index in [9.17, 15) is 57.5 Å². The van der Waals surface area contributed by atoms with Gasteiger partial charge in [0.2, 0.25) is 0 Å². The molecule has 0 aromatic carbocycles. The minimum atomic E-state index is -0.612. The molecule has 0 saturated carbocycles. The van der Waals surface area contributed by atoms with E-state index in [2.05, 4.69) is 81.5 Å². The van der Waals surface area contributed by atoms with Gasteiger partial charge in [0.25, 0.3) is 0 Å². The summed E-state index contributed by atoms with van der Waals surface area (Å²) in [6.07, 6.45) is 19.8. The van der Waals surface area contributed by atoms with Gasteiger partial charge in [-0.3, -0.25) is 9.59 Å². The fourth-order valence-corrected chi connectivity index (χ4v) is 6.37. The quantitative estimate of drug-likeness (QED) is 0.0179. The fraction of sp³-hybridized carbons (Fsp3) is 0.467. The van der Waals surface area contributed by atoms with Crippen LogP contribution in [0.2, 0.25) is 0 Å². The van der Waals surface area contributed by atoms with Crippen LogP contribution >= 0.6 is 0 Å². The Kier molecular flexibility index (Phi) is 27.3. The lowest BCUT2D eigenvalue weighted by molar-refractivity contribution is -0.135. The van der Waals surface area contributed by atoms with Crippen molar-refractivity contribution in [2.75, 3.05) is 28.4 Å². The van der Waals surface area contributed by atoms with E-state index in [1.54, 1.807) is 0 Å². The number of nitrogens with zero attached hydrogens (tertiary/aromatic N) is 24. The molecule has 0 N–H and O–H groups in total. The van der Waals surface area contributed by atoms with Crippen molar-refractivity contribution in [1.82, 2.24) is 119 Å². The standard InChI is InChI=1S/C15H20N8O6.2C15H20N8O5/c1-28-12(24)6-10-22-14(26)20(16-18-22)8-4-3-5-9-21-15(27)23(19-17-21)11-7-13(25)29-2;2*1-12(24)6-10-22-14(26)20(16-18-22)8-4-3-5-9-21-15(27)23(19-17-21)11-7-13(25)28-2/h6-7,10-11H,3-5,8-9H2,1-2H3;2*6-7,10-11H,3-5,8-9H2,1-2H3/b10-6-,11-7-;10-6+,11-7+;10-6+,11-7-. The lowest BCUT2D eigenvalue weighted by Crippen LogP contribution is -2.24. The van der Waals surface area contributed by atoms with Crippen LogP contribution in [0.15, 0.2) is 65.2 Å². The summed E-state index contributed by atoms with van der Waals surface area (Å²) < 4.78 is 30.5. The first-order valence-corrected chi connectivity index (χ1v) is 25.4. The van der Waals surface area contributed by atoms with Crippen LogP contribution in [-0.4, -0.2) is 183 Å². The molecule has 6 rings (SSSR count). The molecule has 6 aromatic rings. The first kappa shape index (κ1) is 66.4. The summed E-state index contributed by atoms with van der Waals surface area (Å²) in [5, 5.41) is 44.2. The average molecular weight is 1190 g/mol. The second-order valence-electron chi connectivity index (χ2n) is 17.0. The molecule has 40 heteroatoms. The fourth-order valence-electron chi connectivity index (χ4n) is 6.37. The van der Waals surface area contributed by atoms with Gasteiger partial charge in [0.05, 0.1) is 28.4 Å². The Morgan fingerprint density at radius 3 is 0.600 bits per heavy atom. The predicted molar refractivity (Wildman–Crippen MR) is 289 cm³/mol. The van der Waals surface area contributed by atoms with Crippen molar-refractivity contribution in [2.45, 2.75) is 111 Å². The number of hydrogen-bond donors (Lipinski definition) is 0. The van der Waals surface area contributed by atoms with Gasteiger partial charge in [-0.05, 0) is 146 Å². The summed E-state index contributed by atoms with van der Waals surface area (Å²) in [5.74, 6) is -2.83. The van der Waals surface area contributed by atoms with E-state index in [-0.39, 0.29) is 11.6 Å². The van der Waals surface area contributed by atoms with Gasteiger partial charge in [0.15, 0.2) is 11.6 Å². The molecule has 456 valence electrons. The van der Waals surface area contributed by atoms with Crippen LogP contribution in [0, 0.1) is 0 Å². The van der Waals surface area contributed by atoms with Crippen LogP contribution in [0.1, 0.15) is 71.6 Å². The van der Waals surface area contributed by atoms with E-state index in [0.29, 0.717) is 97.1 Å². The number of ketones is 2. The summed E-state index contributed by atoms with van der Waals surface area (Å²) in [4.78, 5) is 138. The Labute approximate surface area is 476 Å². The molecule has 0 aliphatic heterocycles. The monoisotopic (exact) mass is 1190 g/mol. The summed E-state index contributed by atoms with van der Waals surface area (Å²) in [7, 11) is 4.90. The van der Waals surface area contributed by atoms with Gasteiger partial charge in [-0.2, -0.15) is 56.2 Å². The number of tetrazole rings is 6. The predicted octanol–water partition coefficient (Wildman–Crippen LogP) is -4.12. The normalized spacial score (nSPS) is 11.5. The number of unbranched alkanes of at least 4 members (excludes halogenated alkanes) is 6. The van der Waals surface area contributed by atoms with Crippen LogP contribution in [0.4, 0.5) is 0 Å². The van der Waals surface area contributed by atoms with Crippen molar-refractivity contribution < 1.29 is 47.7 Å². The zero-order chi connectivity index (χ0) is 62.3. The van der Waals surface area contributed by atoms with Crippen molar-refractivity contribution in [2.24, 2.45) is 0 Å². The van der Waals surface area contributed by atoms with Crippen molar-refractivity contribution in [3.63, 3.8) is 0 Å². The zero-order valence-electron chi connectivity index (χ0n) is 46.8. The molecule has 85 heavy (non-hydrogen) atoms. The Morgan fingerprint density at radius 1 is 0.282 bits per heavy atom. The van der Waals surface area contributed by atoms with Crippen LogP contribution in [0.3, 0.4) is 0 Å². The molecule has 40 nitrogen and oxygen atoms in total. The van der Waals surface area contributed by atoms with Crippen molar-refractivity contribution in [3.8, 4) is 0 Å². The van der Waals surface area contributed by atoms with Gasteiger partial charge >= 0.3 is 58.0 Å². The summed E-state index contributed by atoms with van der Waals surface area (Å²) in [5.41, 5.74) is -2.79. The highest BCUT2D eigenvalue weighted by atomic mass is 16.5. The van der Waals surface area contributed by atoms with E-state index in [4.69, 9.17) is 0 Å². The van der Waals surface area contributed by atoms with Gasteiger partial charge in [-0.25, -0.2) is 47.9 Å². The molecule has 0 unspecified atom stereocenters. The van der Waals surface area contributed by atoms with E-state index >= 15 is 0 Å². The number of esters is 4. The molecule has 0 saturated heterocycles. The molecular formula is C45H60N24O16. The first-order valence-electron chi connectivity index (χ1n) is 25.4. The molecule has 0 aliphatic rings. The summed E-state index contributed by atoms with van der Waals surface area (Å²) in [6, 6.07) is 0. The third-order valence-electron chi connectivity index (χ3n) is 10.8. The van der Waals surface area contributed by atoms with Crippen LogP contribution in [-0.2, 0) is 87.0 Å². The highest BCUT2D eigenvalue weighted by Crippen LogP contribution is 2.01. The number of allylic oxidation sites excluding steroid dienone is 2. The van der Waals surface area contributed by atoms with Crippen molar-refractivity contribution in [3.05, 3.63) is 99.4 Å². The number of rotatable bonds is 30. The van der Waals surface area contributed by atoms with Crippen LogP contribution < -0.4 is 34.1 Å². The van der Waals surface area contributed by atoms with E-state index in [0.717, 1.165) is 52.4 Å². The Balaban J connectivity index is 0.000000273. The molecule has 0 spiro atoms. The lowest BCUT2D eigenvalue weighted by Gasteiger charge is -2.00. The number of carbonyl (C=O) groups is 6. The van der Waals surface area contributed by atoms with E-state index in [1.807, 2.05) is 0 Å². The lowest BCUT2D eigenvalue weighted by atomic mass is 10.2. The number of methoxy groups -OCH3 is 4. The Morgan fingerprint density at radius 2 is 0.447 bits per heavy atom. The highest BCUT2D eigenvalue weighted by molar-refractivity contribution is 5.90. The van der Waals surface area contributed by atoms with Gasteiger partial charge in [-0.15, -0.1) is 0 Å². The number of hydrogen-bond acceptors (Lipinski definition) is 28. The third-order valence-corrected chi connectivity index (χ3v) is 10.8. The van der Waals surface area contributed by atoms with Crippen molar-refractivity contribution >= 4 is 72.6 Å². The average Bonchev–Trinajstić information content (AvgIpc) is 4.52. The maximum Gasteiger partial charge on any atom is 0.367 e. The smallest absolute Gasteiger partial charge is 0.367 e. The number of carbonyl (C=O) groups excluding carboxylic acids is 6. The maximum atomic E-state index is 12.0. The van der Waals surface area contributed by atoms with Crippen LogP contribution in [0.5, 0.6) is 0 Å². The summed E-state index contributed by atoms with van der Waals surface area (Å²) in [6.45, 7) is 4.79. The van der Waals surface area contributed by atoms with Crippen molar-refractivity contribution in [1.29, 1.82) is 0 Å². The van der Waals surface area contributed by atoms with Gasteiger partial charge in [0, 0.05) is 101 Å². The van der Waals surface area contributed by atoms with Gasteiger partial charge in [-0.1, -0.05) is 0 Å². The highest BCUT2D eigenvalue weighted by Gasteiger charge is 2.11. The minimum Gasteiger partial charge on any atom is -0.466 e. The molecule has 0 radical (unpaired) electrons. The molecule has 0 atom stereocenters. The number of ether oxygens (including phenoxy) is 4. The topological polar surface area (TPSA) is 456 Å². The van der Waals surface area contributed by atoms with Gasteiger partial charge in [0.1, 0.15) is 0 Å². The maximum absolute atomic E-state index is 12.0. The SMILES string of the molecule is COC(=O)/C=C/n1nnn(CCCCCn2nnn(/C=C/C(C)=O)c2=O)c1=O.COC(=O)/C=C\n1nnn(CCCCCn2nnn(/C=C/C(C)=O)c2=O)c1=O.COC(=O)/C=C\n1nnn(CCCCCn2nnn(/C=C\C(=O)OC)c2=O)c1=O. The zero-order valence-corrected chi connectivity index (χ0v) is 46.8. The third kappa shape index (κ3) is 22.0. The molecule has 0 aliphatic carbocycles.